The molecule has 1 heterocycles. The van der Waals surface area contributed by atoms with Crippen molar-refractivity contribution in [2.75, 3.05) is 45.7 Å². The van der Waals surface area contributed by atoms with Gasteiger partial charge >= 0.3 is 5.97 Å². The van der Waals surface area contributed by atoms with Gasteiger partial charge in [0.25, 0.3) is 5.91 Å². The highest BCUT2D eigenvalue weighted by Gasteiger charge is 2.33. The second kappa shape index (κ2) is 10.7. The van der Waals surface area contributed by atoms with Gasteiger partial charge in [-0.25, -0.2) is 0 Å². The fourth-order valence-electron chi connectivity index (χ4n) is 3.02. The van der Waals surface area contributed by atoms with Crippen LogP contribution in [-0.2, 0) is 19.1 Å². The van der Waals surface area contributed by atoms with Crippen LogP contribution >= 0.6 is 0 Å². The number of hydrogen-bond donors (Lipinski definition) is 2. The molecule has 30 heavy (non-hydrogen) atoms. The summed E-state index contributed by atoms with van der Waals surface area (Å²) in [6, 6.07) is 5.89. The van der Waals surface area contributed by atoms with Crippen LogP contribution in [0, 0.1) is 5.92 Å². The Hall–Kier alpha value is -2.94. The lowest BCUT2D eigenvalue weighted by Crippen LogP contribution is -2.57. The fourth-order valence-corrected chi connectivity index (χ4v) is 3.02. The molecule has 1 aliphatic heterocycles. The standard InChI is InChI=1S/C21H30N4O5/c1-14(2)13-30-19(27)11-17-20(28)22-8-9-25(17)12-18(26)23-16-7-5-6-15(10-16)21(29)24(3)4/h5-7,10,14,17H,8-9,11-13H2,1-4H3,(H,22,28)(H,23,26). The second-order valence-electron chi connectivity index (χ2n) is 7.89. The van der Waals surface area contributed by atoms with E-state index in [1.54, 1.807) is 43.3 Å². The van der Waals surface area contributed by atoms with Crippen LogP contribution in [0.25, 0.3) is 0 Å². The molecule has 164 valence electrons. The van der Waals surface area contributed by atoms with Crippen molar-refractivity contribution in [1.82, 2.24) is 15.1 Å². The van der Waals surface area contributed by atoms with Crippen LogP contribution in [0.3, 0.4) is 0 Å². The number of carbonyl (C=O) groups excluding carboxylic acids is 4. The van der Waals surface area contributed by atoms with Crippen molar-refractivity contribution in [3.63, 3.8) is 0 Å². The molecular formula is C21H30N4O5. The monoisotopic (exact) mass is 418 g/mol. The van der Waals surface area contributed by atoms with Gasteiger partial charge in [0.2, 0.25) is 11.8 Å². The van der Waals surface area contributed by atoms with E-state index in [1.165, 1.54) is 4.90 Å². The maximum absolute atomic E-state index is 12.6. The predicted octanol–water partition coefficient (Wildman–Crippen LogP) is 0.717. The lowest BCUT2D eigenvalue weighted by Gasteiger charge is -2.33. The zero-order valence-corrected chi connectivity index (χ0v) is 17.9. The molecule has 1 fully saturated rings. The molecule has 0 radical (unpaired) electrons. The van der Waals surface area contributed by atoms with Crippen molar-refractivity contribution < 1.29 is 23.9 Å². The van der Waals surface area contributed by atoms with Gasteiger partial charge in [-0.15, -0.1) is 0 Å². The second-order valence-corrected chi connectivity index (χ2v) is 7.89. The van der Waals surface area contributed by atoms with Crippen molar-refractivity contribution >= 4 is 29.4 Å². The summed E-state index contributed by atoms with van der Waals surface area (Å²) in [7, 11) is 3.31. The zero-order chi connectivity index (χ0) is 22.3. The average Bonchev–Trinajstić information content (AvgIpc) is 2.68. The van der Waals surface area contributed by atoms with E-state index in [2.05, 4.69) is 10.6 Å². The van der Waals surface area contributed by atoms with Gasteiger partial charge in [0, 0.05) is 38.4 Å². The summed E-state index contributed by atoms with van der Waals surface area (Å²) in [4.78, 5) is 52.1. The quantitative estimate of drug-likeness (QED) is 0.602. The SMILES string of the molecule is CC(C)COC(=O)CC1C(=O)NCCN1CC(=O)Nc1cccc(C(=O)N(C)C)c1. The minimum Gasteiger partial charge on any atom is -0.465 e. The first-order valence-electron chi connectivity index (χ1n) is 9.96. The maximum atomic E-state index is 12.6. The highest BCUT2D eigenvalue weighted by atomic mass is 16.5. The highest BCUT2D eigenvalue weighted by molar-refractivity contribution is 5.97. The molecule has 2 rings (SSSR count). The van der Waals surface area contributed by atoms with Gasteiger partial charge < -0.3 is 20.3 Å². The number of nitrogens with zero attached hydrogens (tertiary/aromatic N) is 2. The van der Waals surface area contributed by atoms with Gasteiger partial charge in [-0.3, -0.25) is 24.1 Å². The molecule has 0 aromatic heterocycles. The molecule has 1 aliphatic rings. The highest BCUT2D eigenvalue weighted by Crippen LogP contribution is 2.14. The number of hydrogen-bond acceptors (Lipinski definition) is 6. The van der Waals surface area contributed by atoms with E-state index >= 15 is 0 Å². The van der Waals surface area contributed by atoms with Crippen molar-refractivity contribution in [3.8, 4) is 0 Å². The van der Waals surface area contributed by atoms with Gasteiger partial charge in [0.1, 0.15) is 6.04 Å². The molecule has 1 aromatic rings. The van der Waals surface area contributed by atoms with Crippen LogP contribution in [0.2, 0.25) is 0 Å². The Balaban J connectivity index is 1.99. The van der Waals surface area contributed by atoms with Crippen molar-refractivity contribution in [2.45, 2.75) is 26.3 Å². The fraction of sp³-hybridized carbons (Fsp3) is 0.524. The smallest absolute Gasteiger partial charge is 0.307 e. The van der Waals surface area contributed by atoms with E-state index in [1.807, 2.05) is 13.8 Å². The summed E-state index contributed by atoms with van der Waals surface area (Å²) in [5, 5.41) is 5.48. The molecule has 1 aromatic carbocycles. The van der Waals surface area contributed by atoms with Crippen molar-refractivity contribution in [1.29, 1.82) is 0 Å². The summed E-state index contributed by atoms with van der Waals surface area (Å²) in [5.41, 5.74) is 0.947. The zero-order valence-electron chi connectivity index (χ0n) is 17.9. The number of anilines is 1. The van der Waals surface area contributed by atoms with Gasteiger partial charge in [-0.2, -0.15) is 0 Å². The van der Waals surface area contributed by atoms with Crippen LogP contribution in [-0.4, -0.2) is 79.9 Å². The Kier molecular flexibility index (Phi) is 8.35. The molecule has 0 aliphatic carbocycles. The Bertz CT molecular complexity index is 793. The lowest BCUT2D eigenvalue weighted by atomic mass is 10.1. The topological polar surface area (TPSA) is 108 Å². The van der Waals surface area contributed by atoms with Crippen molar-refractivity contribution in [2.24, 2.45) is 5.92 Å². The van der Waals surface area contributed by atoms with Crippen LogP contribution in [0.5, 0.6) is 0 Å². The molecule has 0 spiro atoms. The molecule has 3 amide bonds. The van der Waals surface area contributed by atoms with Crippen LogP contribution in [0.4, 0.5) is 5.69 Å². The van der Waals surface area contributed by atoms with Crippen LogP contribution in [0.15, 0.2) is 24.3 Å². The Morgan fingerprint density at radius 2 is 2.03 bits per heavy atom. The number of carbonyl (C=O) groups is 4. The molecule has 1 saturated heterocycles. The third-order valence-corrected chi connectivity index (χ3v) is 4.53. The molecule has 0 bridgehead atoms. The van der Waals surface area contributed by atoms with Crippen LogP contribution in [0.1, 0.15) is 30.6 Å². The largest absolute Gasteiger partial charge is 0.465 e. The Labute approximate surface area is 176 Å². The molecule has 0 saturated carbocycles. The Morgan fingerprint density at radius 1 is 1.30 bits per heavy atom. The van der Waals surface area contributed by atoms with E-state index in [0.717, 1.165) is 0 Å². The summed E-state index contributed by atoms with van der Waals surface area (Å²) < 4.78 is 5.18. The Morgan fingerprint density at radius 3 is 2.70 bits per heavy atom. The number of nitrogens with one attached hydrogen (secondary N) is 2. The van der Waals surface area contributed by atoms with Gasteiger partial charge in [0.05, 0.1) is 19.6 Å². The van der Waals surface area contributed by atoms with Gasteiger partial charge in [-0.05, 0) is 24.1 Å². The van der Waals surface area contributed by atoms with Gasteiger partial charge in [0.15, 0.2) is 0 Å². The van der Waals surface area contributed by atoms with Crippen molar-refractivity contribution in [3.05, 3.63) is 29.8 Å². The number of amides is 3. The third kappa shape index (κ3) is 6.84. The van der Waals surface area contributed by atoms with E-state index in [9.17, 15) is 19.2 Å². The molecule has 1 unspecified atom stereocenters. The van der Waals surface area contributed by atoms with Gasteiger partial charge in [-0.1, -0.05) is 19.9 Å². The van der Waals surface area contributed by atoms with E-state index in [0.29, 0.717) is 24.3 Å². The molecule has 2 N–H and O–H groups in total. The lowest BCUT2D eigenvalue weighted by molar-refractivity contribution is -0.149. The minimum atomic E-state index is -0.759. The molecule has 9 nitrogen and oxygen atoms in total. The molecule has 9 heteroatoms. The number of rotatable bonds is 8. The predicted molar refractivity (Wildman–Crippen MR) is 112 cm³/mol. The summed E-state index contributed by atoms with van der Waals surface area (Å²) >= 11 is 0. The first-order valence-corrected chi connectivity index (χ1v) is 9.96. The first kappa shape index (κ1) is 23.3. The summed E-state index contributed by atoms with van der Waals surface area (Å²) in [6.45, 7) is 4.94. The number of benzene rings is 1. The van der Waals surface area contributed by atoms with E-state index in [4.69, 9.17) is 4.74 Å². The summed E-state index contributed by atoms with van der Waals surface area (Å²) in [5.74, 6) is -1.06. The first-order chi connectivity index (χ1) is 14.2. The molecular weight excluding hydrogens is 388 g/mol. The number of esters is 1. The maximum Gasteiger partial charge on any atom is 0.307 e. The summed E-state index contributed by atoms with van der Waals surface area (Å²) in [6.07, 6.45) is -0.112. The van der Waals surface area contributed by atoms with E-state index in [-0.39, 0.29) is 43.2 Å². The minimum absolute atomic E-state index is 0.0542. The van der Waals surface area contributed by atoms with E-state index < -0.39 is 12.0 Å². The molecule has 1 atom stereocenters. The van der Waals surface area contributed by atoms with Crippen LogP contribution < -0.4 is 10.6 Å². The third-order valence-electron chi connectivity index (χ3n) is 4.53. The normalized spacial score (nSPS) is 16.7. The average molecular weight is 418 g/mol. The number of ether oxygens (including phenoxy) is 1. The number of piperazine rings is 1.